The van der Waals surface area contributed by atoms with E-state index >= 15 is 0 Å². The highest BCUT2D eigenvalue weighted by Crippen LogP contribution is 2.17. The molecule has 32 heavy (non-hydrogen) atoms. The minimum absolute atomic E-state index is 0. The minimum Gasteiger partial charge on any atom is -0.381 e. The lowest BCUT2D eigenvalue weighted by Crippen LogP contribution is -1.97. The van der Waals surface area contributed by atoms with Crippen molar-refractivity contribution >= 4 is 0 Å². The first-order chi connectivity index (χ1) is 15.4. The molecule has 2 nitrogen and oxygen atoms in total. The van der Waals surface area contributed by atoms with Gasteiger partial charge in [-0.1, -0.05) is 152 Å². The molecule has 0 saturated carbocycles. The van der Waals surface area contributed by atoms with E-state index in [0.29, 0.717) is 0 Å². The molecule has 0 heterocycles. The van der Waals surface area contributed by atoms with Crippen molar-refractivity contribution in [2.24, 2.45) is 0 Å². The maximum absolute atomic E-state index is 5.69. The zero-order chi connectivity index (χ0) is 22.2. The van der Waals surface area contributed by atoms with E-state index in [4.69, 9.17) is 4.74 Å². The summed E-state index contributed by atoms with van der Waals surface area (Å²) in [7, 11) is 0. The molecule has 0 spiro atoms. The summed E-state index contributed by atoms with van der Waals surface area (Å²) in [6, 6.07) is 20.8. The van der Waals surface area contributed by atoms with E-state index in [2.05, 4.69) is 62.4 Å². The number of unbranched alkanes of at least 4 members (excludes halogenated alkanes) is 12. The average Bonchev–Trinajstić information content (AvgIpc) is 2.83. The van der Waals surface area contributed by atoms with Gasteiger partial charge in [0.2, 0.25) is 0 Å². The van der Waals surface area contributed by atoms with Gasteiger partial charge in [0.25, 0.3) is 0 Å². The van der Waals surface area contributed by atoms with Gasteiger partial charge in [0.15, 0.2) is 0 Å². The van der Waals surface area contributed by atoms with Crippen LogP contribution in [-0.2, 0) is 4.74 Å². The monoisotopic (exact) mass is 441 g/mol. The molecule has 2 aromatic rings. The fraction of sp³-hybridized carbons (Fsp3) is 0.600. The Balaban J connectivity index is 0.000000631. The van der Waals surface area contributed by atoms with E-state index in [-0.39, 0.29) is 6.15 Å². The van der Waals surface area contributed by atoms with Crippen molar-refractivity contribution in [1.82, 2.24) is 6.15 Å². The number of hydrogen-bond acceptors (Lipinski definition) is 2. The van der Waals surface area contributed by atoms with Crippen LogP contribution in [0.2, 0.25) is 0 Å². The fourth-order valence-corrected chi connectivity index (χ4v) is 3.69. The third-order valence-corrected chi connectivity index (χ3v) is 5.67. The van der Waals surface area contributed by atoms with E-state index in [1.165, 1.54) is 101 Å². The Morgan fingerprint density at radius 1 is 0.438 bits per heavy atom. The second-order valence-electron chi connectivity index (χ2n) is 8.59. The van der Waals surface area contributed by atoms with Crippen LogP contribution in [0, 0.1) is 0 Å². The quantitative estimate of drug-likeness (QED) is 0.248. The molecule has 2 heteroatoms. The summed E-state index contributed by atoms with van der Waals surface area (Å²) >= 11 is 0. The van der Waals surface area contributed by atoms with Gasteiger partial charge in [-0.05, 0) is 24.0 Å². The topological polar surface area (TPSA) is 44.2 Å². The summed E-state index contributed by atoms with van der Waals surface area (Å²) in [6.07, 6.45) is 19.3. The number of benzene rings is 2. The van der Waals surface area contributed by atoms with Crippen molar-refractivity contribution in [2.45, 2.75) is 104 Å². The Morgan fingerprint density at radius 3 is 1.09 bits per heavy atom. The molecule has 0 saturated heterocycles. The molecule has 0 unspecified atom stereocenters. The van der Waals surface area contributed by atoms with Gasteiger partial charge in [0.05, 0.1) is 0 Å². The van der Waals surface area contributed by atoms with Crippen LogP contribution in [0.5, 0.6) is 0 Å². The Hall–Kier alpha value is -1.64. The molecule has 0 radical (unpaired) electrons. The second-order valence-corrected chi connectivity index (χ2v) is 8.59. The fourth-order valence-electron chi connectivity index (χ4n) is 3.69. The zero-order valence-corrected chi connectivity index (χ0v) is 21.2. The van der Waals surface area contributed by atoms with Crippen molar-refractivity contribution in [1.29, 1.82) is 0 Å². The Labute approximate surface area is 199 Å². The van der Waals surface area contributed by atoms with Gasteiger partial charge in [0.1, 0.15) is 0 Å². The smallest absolute Gasteiger partial charge is 0.0466 e. The Bertz CT molecular complexity index is 531. The molecule has 2 aromatic carbocycles. The van der Waals surface area contributed by atoms with Crippen molar-refractivity contribution in [2.75, 3.05) is 13.2 Å². The summed E-state index contributed by atoms with van der Waals surface area (Å²) in [5.74, 6) is 0. The van der Waals surface area contributed by atoms with Crippen molar-refractivity contribution in [3.05, 3.63) is 60.7 Å². The highest BCUT2D eigenvalue weighted by atomic mass is 16.5. The van der Waals surface area contributed by atoms with Crippen LogP contribution in [0.25, 0.3) is 11.1 Å². The Kier molecular flexibility index (Phi) is 22.8. The van der Waals surface area contributed by atoms with Crippen LogP contribution < -0.4 is 6.15 Å². The molecule has 0 aliphatic carbocycles. The lowest BCUT2D eigenvalue weighted by atomic mass is 10.1. The third kappa shape index (κ3) is 18.0. The van der Waals surface area contributed by atoms with E-state index < -0.39 is 0 Å². The van der Waals surface area contributed by atoms with Crippen LogP contribution in [0.15, 0.2) is 60.7 Å². The van der Waals surface area contributed by atoms with Crippen molar-refractivity contribution in [3.8, 4) is 11.1 Å². The van der Waals surface area contributed by atoms with Crippen LogP contribution >= 0.6 is 0 Å². The highest BCUT2D eigenvalue weighted by molar-refractivity contribution is 5.62. The van der Waals surface area contributed by atoms with Crippen LogP contribution in [0.1, 0.15) is 104 Å². The molecule has 0 bridgehead atoms. The molecular formula is C30H51NO. The molecule has 2 rings (SSSR count). The van der Waals surface area contributed by atoms with Crippen LogP contribution in [-0.4, -0.2) is 13.2 Å². The highest BCUT2D eigenvalue weighted by Gasteiger charge is 1.94. The molecule has 3 N–H and O–H groups in total. The molecule has 0 fully saturated rings. The first-order valence-electron chi connectivity index (χ1n) is 13.1. The maximum Gasteiger partial charge on any atom is 0.0466 e. The molecule has 0 aromatic heterocycles. The molecule has 0 aliphatic rings. The lowest BCUT2D eigenvalue weighted by molar-refractivity contribution is 0.125. The van der Waals surface area contributed by atoms with E-state index in [1.807, 2.05) is 12.1 Å². The molecule has 182 valence electrons. The first-order valence-corrected chi connectivity index (χ1v) is 13.1. The van der Waals surface area contributed by atoms with E-state index in [1.54, 1.807) is 0 Å². The number of ether oxygens (including phenoxy) is 1. The largest absolute Gasteiger partial charge is 0.381 e. The average molecular weight is 442 g/mol. The summed E-state index contributed by atoms with van der Waals surface area (Å²) in [5.41, 5.74) is 2.55. The summed E-state index contributed by atoms with van der Waals surface area (Å²) in [4.78, 5) is 0. The summed E-state index contributed by atoms with van der Waals surface area (Å²) in [5, 5.41) is 0. The zero-order valence-electron chi connectivity index (χ0n) is 21.2. The van der Waals surface area contributed by atoms with Gasteiger partial charge in [-0.3, -0.25) is 0 Å². The van der Waals surface area contributed by atoms with Crippen molar-refractivity contribution < 1.29 is 4.74 Å². The molecule has 0 atom stereocenters. The van der Waals surface area contributed by atoms with Gasteiger partial charge in [0, 0.05) is 13.2 Å². The van der Waals surface area contributed by atoms with Crippen molar-refractivity contribution in [3.63, 3.8) is 0 Å². The molecular weight excluding hydrogens is 390 g/mol. The van der Waals surface area contributed by atoms with Gasteiger partial charge >= 0.3 is 0 Å². The van der Waals surface area contributed by atoms with E-state index in [9.17, 15) is 0 Å². The number of rotatable bonds is 17. The molecule has 0 amide bonds. The Morgan fingerprint density at radius 2 is 0.750 bits per heavy atom. The van der Waals surface area contributed by atoms with Gasteiger partial charge in [-0.2, -0.15) is 0 Å². The summed E-state index contributed by atoms with van der Waals surface area (Å²) in [6.45, 7) is 6.53. The van der Waals surface area contributed by atoms with Gasteiger partial charge < -0.3 is 10.9 Å². The molecule has 0 aliphatic heterocycles. The predicted octanol–water partition coefficient (Wildman–Crippen LogP) is 10.0. The third-order valence-electron chi connectivity index (χ3n) is 5.67. The van der Waals surface area contributed by atoms with Crippen LogP contribution in [0.4, 0.5) is 0 Å². The SMILES string of the molecule is CCCCCCCCCOCCCCCCCCC.N.c1ccc(-c2ccccc2)cc1. The first kappa shape index (κ1) is 30.4. The number of hydrogen-bond donors (Lipinski definition) is 1. The second kappa shape index (κ2) is 24.0. The van der Waals surface area contributed by atoms with Crippen LogP contribution in [0.3, 0.4) is 0 Å². The minimum atomic E-state index is 0. The van der Waals surface area contributed by atoms with Gasteiger partial charge in [-0.25, -0.2) is 0 Å². The van der Waals surface area contributed by atoms with E-state index in [0.717, 1.165) is 13.2 Å². The maximum atomic E-state index is 5.69. The normalized spacial score (nSPS) is 10.2. The predicted molar refractivity (Wildman–Crippen MR) is 144 cm³/mol. The lowest BCUT2D eigenvalue weighted by Gasteiger charge is -2.04. The summed E-state index contributed by atoms with van der Waals surface area (Å²) < 4.78 is 5.69. The van der Waals surface area contributed by atoms with Gasteiger partial charge in [-0.15, -0.1) is 0 Å². The standard InChI is InChI=1S/C18H38O.C12H10.H3N/c1-3-5-7-9-11-13-15-17-19-18-16-14-12-10-8-6-4-2;1-3-7-11(8-4-1)12-9-5-2-6-10-12;/h3-18H2,1-2H3;1-10H;1H3.